The Hall–Kier alpha value is -4.57. The van der Waals surface area contributed by atoms with Gasteiger partial charge in [0.15, 0.2) is 6.79 Å². The van der Waals surface area contributed by atoms with Gasteiger partial charge in [0, 0.05) is 65.4 Å². The van der Waals surface area contributed by atoms with Crippen molar-refractivity contribution >= 4 is 0 Å². The summed E-state index contributed by atoms with van der Waals surface area (Å²) in [5.41, 5.74) is 0. The number of rotatable bonds is 6. The van der Waals surface area contributed by atoms with Crippen molar-refractivity contribution < 1.29 is 119 Å². The normalized spacial score (nSPS) is 10.4. The maximum absolute atomic E-state index is 12.3. The topological polar surface area (TPSA) is 18.5 Å². The number of alkyl halides is 10. The second kappa shape index (κ2) is 15.0. The van der Waals surface area contributed by atoms with Crippen LogP contribution in [0, 0.1) is 12.8 Å². The Morgan fingerprint density at radius 2 is 0.667 bits per heavy atom. The molecule has 0 aromatic rings. The minimum Gasteiger partial charge on any atom is -0.318 e. The molecule has 134 valence electrons. The minimum atomic E-state index is -5.48. The summed E-state index contributed by atoms with van der Waals surface area (Å²) in [6, 6.07) is 0. The molecule has 0 unspecified atom stereocenters. The molecule has 0 aliphatic carbocycles. The first kappa shape index (κ1) is 57.1. The molecule has 0 heterocycles. The quantitative estimate of drug-likeness (QED) is 0.230. The summed E-state index contributed by atoms with van der Waals surface area (Å²) in [6.07, 6.45) is -24.2. The molecule has 0 saturated heterocycles. The second-order valence-electron chi connectivity index (χ2n) is 2.90. The van der Waals surface area contributed by atoms with Gasteiger partial charge in [0.1, 0.15) is 0 Å². The molecule has 27 heavy (non-hydrogen) atoms. The molecule has 0 amide bonds. The van der Waals surface area contributed by atoms with E-state index in [0.717, 1.165) is 0 Å². The minimum absolute atomic E-state index is 0. The third-order valence-electron chi connectivity index (χ3n) is 1.17. The molecular formula is C7H4F10O2Rf6Y2-2. The second-order valence-corrected chi connectivity index (χ2v) is 2.90. The van der Waals surface area contributed by atoms with E-state index in [-0.39, 0.29) is 65.4 Å². The first-order valence-electron chi connectivity index (χ1n) is 4.03. The Morgan fingerprint density at radius 3 is 0.815 bits per heavy atom. The fraction of sp³-hybridized carbons (Fsp3) is 0.714. The first-order valence-corrected chi connectivity index (χ1v) is 4.03. The van der Waals surface area contributed by atoms with Crippen molar-refractivity contribution in [3.63, 3.8) is 0 Å². The summed E-state index contributed by atoms with van der Waals surface area (Å²) in [5, 5.41) is 0. The Morgan fingerprint density at radius 1 is 0.481 bits per heavy atom. The van der Waals surface area contributed by atoms with Crippen molar-refractivity contribution in [1.82, 2.24) is 0 Å². The molecule has 2 nitrogen and oxygen atoms in total. The third-order valence-corrected chi connectivity index (χ3v) is 1.17. The molecule has 0 bridgehead atoms. The van der Waals surface area contributed by atoms with E-state index in [1.165, 1.54) is 0 Å². The van der Waals surface area contributed by atoms with E-state index in [0.29, 0.717) is 0 Å². The van der Waals surface area contributed by atoms with Gasteiger partial charge in [0.25, 0.3) is 12.4 Å². The molecule has 0 rings (SSSR count). The van der Waals surface area contributed by atoms with Crippen LogP contribution in [0.3, 0.4) is 0 Å². The van der Waals surface area contributed by atoms with Gasteiger partial charge in [-0.25, -0.2) is 43.9 Å². The van der Waals surface area contributed by atoms with Crippen molar-refractivity contribution in [1.29, 1.82) is 0 Å². The van der Waals surface area contributed by atoms with Gasteiger partial charge in [-0.05, 0) is 0 Å². The van der Waals surface area contributed by atoms with Crippen molar-refractivity contribution in [2.45, 2.75) is 24.6 Å². The Kier molecular flexibility index (Phi) is 31.7. The molecule has 0 aliphatic heterocycles. The maximum Gasteiger partial charge on any atom is 0.277 e. The molecule has 0 atom stereocenters. The SMILES string of the molecule is FC(F)(F)[CH-]C(F)(F)OCOC(F)(F)[CH-]C(F)(F)F.[Rf].[Rf].[Rf].[Rf].[Rf].[Rf].[Y].[Y]. The summed E-state index contributed by atoms with van der Waals surface area (Å²) in [4.78, 5) is 0. The van der Waals surface area contributed by atoms with Gasteiger partial charge in [-0.2, -0.15) is 0 Å². The largest absolute Gasteiger partial charge is 0.318 e. The first-order chi connectivity index (χ1) is 8.12. The maximum atomic E-state index is 12.3. The van der Waals surface area contributed by atoms with Crippen LogP contribution in [-0.2, 0) is 74.9 Å². The van der Waals surface area contributed by atoms with Crippen LogP contribution in [0.4, 0.5) is 43.9 Å². The van der Waals surface area contributed by atoms with Crippen LogP contribution in [-0.4, -0.2) is 31.4 Å². The molecule has 0 N–H and O–H groups in total. The van der Waals surface area contributed by atoms with Crippen LogP contribution in [0.25, 0.3) is 0 Å². The zero-order valence-corrected chi connectivity index (χ0v) is 57.9. The number of hydrogen-bond acceptors (Lipinski definition) is 2. The average Bonchev–Trinajstić information content (AvgIpc) is 1.90. The summed E-state index contributed by atoms with van der Waals surface area (Å²) in [5.74, 6) is 0. The molecule has 0 aromatic carbocycles. The van der Waals surface area contributed by atoms with Crippen LogP contribution in [0.15, 0.2) is 0 Å². The van der Waals surface area contributed by atoms with E-state index < -0.39 is 44.2 Å². The van der Waals surface area contributed by atoms with Gasteiger partial charge >= 0.3 is 0 Å². The Balaban J connectivity index is -0.0000000579. The van der Waals surface area contributed by atoms with Crippen molar-refractivity contribution in [2.75, 3.05) is 6.79 Å². The number of hydrogen-bond donors (Lipinski definition) is 0. The smallest absolute Gasteiger partial charge is 0.277 e. The standard InChI is InChI=1S/C7H4F10O2.6Rf.2Y/c8-4(9,10)1-6(14,15)18-3-19-7(16,17)2-5(11,12)13;;;;;;;;/h1-2H,3H2;;;;;;;;/q-2;;;;;;;;. The third kappa shape index (κ3) is 34.0. The zero-order valence-electron chi connectivity index (χ0n) is 13.9. The van der Waals surface area contributed by atoms with Gasteiger partial charge in [-0.3, -0.25) is 0 Å². The Bertz CT molecular complexity index is 283. The molecule has 2 radical (unpaired) electrons. The molecular weight excluding hydrogens is 2090 g/mol. The van der Waals surface area contributed by atoms with E-state index in [9.17, 15) is 43.9 Å². The number of halogens is 10. The van der Waals surface area contributed by atoms with E-state index in [2.05, 4.69) is 9.47 Å². The monoisotopic (exact) mass is 2090 g/mol. The molecule has 0 spiro atoms. The van der Waals surface area contributed by atoms with Crippen LogP contribution in [0.5, 0.6) is 0 Å². The molecule has 0 aliphatic rings. The van der Waals surface area contributed by atoms with Gasteiger partial charge in [-0.15, -0.1) is 12.8 Å². The predicted molar refractivity (Wildman–Crippen MR) is 37.6 cm³/mol. The van der Waals surface area contributed by atoms with Crippen LogP contribution < -0.4 is 0 Å². The summed E-state index contributed by atoms with van der Waals surface area (Å²) < 4.78 is 124. The summed E-state index contributed by atoms with van der Waals surface area (Å²) in [7, 11) is 0. The van der Waals surface area contributed by atoms with Crippen LogP contribution in [0.1, 0.15) is 0 Å². The fourth-order valence-electron chi connectivity index (χ4n) is 0.651. The zero-order chi connectivity index (χ0) is 15.5. The Labute approximate surface area is 162 Å². The van der Waals surface area contributed by atoms with Gasteiger partial charge in [0.2, 0.25) is 12.2 Å². The van der Waals surface area contributed by atoms with Crippen molar-refractivity contribution in [3.05, 3.63) is 12.8 Å². The van der Waals surface area contributed by atoms with E-state index in [4.69, 9.17) is 0 Å². The fourth-order valence-corrected chi connectivity index (χ4v) is 0.651. The van der Waals surface area contributed by atoms with E-state index >= 15 is 0 Å². The van der Waals surface area contributed by atoms with Crippen molar-refractivity contribution in [2.24, 2.45) is 0 Å². The van der Waals surface area contributed by atoms with E-state index in [1.807, 2.05) is 0 Å². The van der Waals surface area contributed by atoms with Gasteiger partial charge < -0.3 is 9.47 Å². The van der Waals surface area contributed by atoms with E-state index in [1.54, 1.807) is 0 Å². The molecule has 0 aromatic heterocycles. The van der Waals surface area contributed by atoms with Crippen LogP contribution >= 0.6 is 0 Å². The summed E-state index contributed by atoms with van der Waals surface area (Å²) in [6.45, 7) is -2.20. The molecule has 0 saturated carbocycles. The predicted octanol–water partition coefficient (Wildman–Crippen LogP) is 3.69. The van der Waals surface area contributed by atoms with Gasteiger partial charge in [0.05, 0.1) is 0 Å². The number of ether oxygens (including phenoxy) is 2. The molecule has 0 fully saturated rings. The van der Waals surface area contributed by atoms with Crippen molar-refractivity contribution in [3.8, 4) is 0 Å². The van der Waals surface area contributed by atoms with Crippen LogP contribution in [0.2, 0.25) is 0 Å². The average molecular weight is 2090 g/mol. The molecule has 20 heteroatoms. The summed E-state index contributed by atoms with van der Waals surface area (Å²) >= 11 is 0. The van der Waals surface area contributed by atoms with Gasteiger partial charge in [-0.1, -0.05) is 0 Å².